The second-order valence-corrected chi connectivity index (χ2v) is 12.8. The minimum Gasteiger partial charge on any atom is -0.478 e. The number of rotatable bonds is 8. The van der Waals surface area contributed by atoms with E-state index in [4.69, 9.17) is 4.74 Å². The summed E-state index contributed by atoms with van der Waals surface area (Å²) in [6.45, 7) is 5.11. The summed E-state index contributed by atoms with van der Waals surface area (Å²) in [5.41, 5.74) is 0.475. The van der Waals surface area contributed by atoms with Gasteiger partial charge in [0.1, 0.15) is 6.10 Å². The predicted molar refractivity (Wildman–Crippen MR) is 135 cm³/mol. The van der Waals surface area contributed by atoms with Crippen molar-refractivity contribution in [3.63, 3.8) is 0 Å². The van der Waals surface area contributed by atoms with Gasteiger partial charge in [-0.15, -0.1) is 0 Å². The van der Waals surface area contributed by atoms with Gasteiger partial charge in [-0.25, -0.2) is 4.79 Å². The van der Waals surface area contributed by atoms with Gasteiger partial charge in [0, 0.05) is 49.9 Å². The number of esters is 1. The number of ketones is 2. The molecule has 5 aliphatic carbocycles. The molecule has 2 spiro atoms. The summed E-state index contributed by atoms with van der Waals surface area (Å²) in [6.07, 6.45) is 12.3. The summed E-state index contributed by atoms with van der Waals surface area (Å²) in [5, 5.41) is 18.8. The third-order valence-electron chi connectivity index (χ3n) is 11.3. The second-order valence-electron chi connectivity index (χ2n) is 12.8. The third-order valence-corrected chi connectivity index (χ3v) is 11.3. The zero-order chi connectivity index (χ0) is 26.8. The van der Waals surface area contributed by atoms with Crippen LogP contribution >= 0.6 is 0 Å². The molecule has 0 radical (unpaired) electrons. The number of carboxylic acids is 1. The second kappa shape index (κ2) is 9.18. The molecule has 0 aliphatic heterocycles. The highest BCUT2D eigenvalue weighted by Gasteiger charge is 2.78. The first-order valence-corrected chi connectivity index (χ1v) is 14.0. The van der Waals surface area contributed by atoms with Crippen LogP contribution in [0, 0.1) is 45.8 Å². The summed E-state index contributed by atoms with van der Waals surface area (Å²) >= 11 is 0. The molecule has 0 aromatic rings. The normalized spacial score (nSPS) is 42.6. The number of hydrogen-bond acceptors (Lipinski definition) is 6. The lowest BCUT2D eigenvalue weighted by atomic mass is 9.50. The van der Waals surface area contributed by atoms with E-state index in [0.717, 1.165) is 44.6 Å². The summed E-state index contributed by atoms with van der Waals surface area (Å²) in [6, 6.07) is 0. The molecule has 4 fully saturated rings. The molecule has 0 bridgehead atoms. The van der Waals surface area contributed by atoms with Crippen molar-refractivity contribution in [3.05, 3.63) is 23.8 Å². The Morgan fingerprint density at radius 1 is 1.22 bits per heavy atom. The van der Waals surface area contributed by atoms with Crippen LogP contribution in [0.2, 0.25) is 0 Å². The Morgan fingerprint density at radius 2 is 1.97 bits per heavy atom. The fourth-order valence-corrected chi connectivity index (χ4v) is 9.60. The molecule has 4 saturated carbocycles. The van der Waals surface area contributed by atoms with Crippen molar-refractivity contribution < 1.29 is 34.1 Å². The average molecular weight is 513 g/mol. The largest absolute Gasteiger partial charge is 0.478 e. The van der Waals surface area contributed by atoms with Crippen molar-refractivity contribution in [3.8, 4) is 0 Å². The van der Waals surface area contributed by atoms with Gasteiger partial charge in [0.15, 0.2) is 11.6 Å². The molecule has 0 heterocycles. The minimum absolute atomic E-state index is 0.0223. The maximum atomic E-state index is 13.1. The lowest BCUT2D eigenvalue weighted by Gasteiger charge is -2.54. The molecule has 0 aromatic heterocycles. The fraction of sp³-hybridized carbons (Fsp3) is 0.733. The van der Waals surface area contributed by atoms with Crippen molar-refractivity contribution in [1.82, 2.24) is 0 Å². The van der Waals surface area contributed by atoms with Crippen molar-refractivity contribution in [2.45, 2.75) is 84.7 Å². The molecule has 37 heavy (non-hydrogen) atoms. The molecular weight excluding hydrogens is 472 g/mol. The molecule has 0 aromatic carbocycles. The SMILES string of the molecule is CC(=O)OC1CC2C3CCC4CC(=O)C=CC45CC35CCC2(C)C1CCC(=O)/C(=C\C(=O)O)C(C)CO. The maximum absolute atomic E-state index is 13.1. The first kappa shape index (κ1) is 26.3. The van der Waals surface area contributed by atoms with Crippen LogP contribution in [0.4, 0.5) is 0 Å². The first-order valence-electron chi connectivity index (χ1n) is 14.0. The Hall–Kier alpha value is -2.28. The van der Waals surface area contributed by atoms with E-state index in [0.29, 0.717) is 30.6 Å². The number of aliphatic hydroxyl groups is 1. The number of carboxylic acid groups (broad SMARTS) is 1. The predicted octanol–water partition coefficient (Wildman–Crippen LogP) is 4.27. The van der Waals surface area contributed by atoms with E-state index in [2.05, 4.69) is 13.0 Å². The van der Waals surface area contributed by atoms with E-state index in [-0.39, 0.29) is 64.4 Å². The lowest BCUT2D eigenvalue weighted by Crippen LogP contribution is -2.48. The number of carbonyl (C=O) groups is 4. The number of allylic oxidation sites excluding steroid dienone is 2. The summed E-state index contributed by atoms with van der Waals surface area (Å²) in [4.78, 5) is 48.6. The summed E-state index contributed by atoms with van der Waals surface area (Å²) in [7, 11) is 0. The molecule has 0 amide bonds. The van der Waals surface area contributed by atoms with Gasteiger partial charge < -0.3 is 14.9 Å². The smallest absolute Gasteiger partial charge is 0.328 e. The van der Waals surface area contributed by atoms with E-state index in [9.17, 15) is 29.4 Å². The van der Waals surface area contributed by atoms with Crippen LogP contribution < -0.4 is 0 Å². The van der Waals surface area contributed by atoms with E-state index in [1.54, 1.807) is 6.92 Å². The van der Waals surface area contributed by atoms with Gasteiger partial charge in [0.25, 0.3) is 0 Å². The zero-order valence-corrected chi connectivity index (χ0v) is 22.2. The van der Waals surface area contributed by atoms with Crippen LogP contribution in [0.15, 0.2) is 23.8 Å². The molecule has 5 rings (SSSR count). The highest BCUT2D eigenvalue weighted by molar-refractivity contribution is 6.00. The van der Waals surface area contributed by atoms with E-state index >= 15 is 0 Å². The lowest BCUT2D eigenvalue weighted by molar-refractivity contribution is -0.149. The Kier molecular flexibility index (Phi) is 6.53. The molecular formula is C30H40O7. The monoisotopic (exact) mass is 512 g/mol. The number of fused-ring (bicyclic) bond motifs is 2. The van der Waals surface area contributed by atoms with Crippen molar-refractivity contribution in [2.75, 3.05) is 6.61 Å². The Balaban J connectivity index is 1.39. The Morgan fingerprint density at radius 3 is 2.65 bits per heavy atom. The van der Waals surface area contributed by atoms with Gasteiger partial charge in [0.2, 0.25) is 0 Å². The summed E-state index contributed by atoms with van der Waals surface area (Å²) < 4.78 is 5.89. The number of Topliss-reactive ketones (excluding diaryl/α,β-unsaturated/α-hetero) is 1. The molecule has 0 saturated heterocycles. The van der Waals surface area contributed by atoms with Gasteiger partial charge in [-0.1, -0.05) is 19.9 Å². The minimum atomic E-state index is -1.20. The van der Waals surface area contributed by atoms with Gasteiger partial charge in [-0.2, -0.15) is 0 Å². The standard InChI is InChI=1S/C30H40O7/c1-17(15-31)21(13-27(35)36)25(34)7-6-23-26(37-18(2)32)14-24-22-5-4-19-12-20(33)8-9-29(19)16-30(22,29)11-10-28(23,24)3/h8-9,13,17,19,22-24,26,31H,4-7,10-12,14-16H2,1-3H3,(H,35,36)/b21-13-. The average Bonchev–Trinajstić information content (AvgIpc) is 3.43. The quantitative estimate of drug-likeness (QED) is 0.368. The molecule has 9 unspecified atom stereocenters. The van der Waals surface area contributed by atoms with Gasteiger partial charge in [-0.05, 0) is 85.0 Å². The van der Waals surface area contributed by atoms with Gasteiger partial charge in [0.05, 0.1) is 0 Å². The number of ether oxygens (including phenoxy) is 1. The molecule has 2 N–H and O–H groups in total. The molecule has 7 nitrogen and oxygen atoms in total. The van der Waals surface area contributed by atoms with Gasteiger partial charge in [-0.3, -0.25) is 14.4 Å². The maximum Gasteiger partial charge on any atom is 0.328 e. The van der Waals surface area contributed by atoms with E-state index < -0.39 is 11.9 Å². The van der Waals surface area contributed by atoms with E-state index in [1.165, 1.54) is 6.92 Å². The highest BCUT2D eigenvalue weighted by Crippen LogP contribution is 2.84. The van der Waals surface area contributed by atoms with Crippen molar-refractivity contribution >= 4 is 23.5 Å². The van der Waals surface area contributed by atoms with Crippen LogP contribution in [-0.2, 0) is 23.9 Å². The summed E-state index contributed by atoms with van der Waals surface area (Å²) in [5.74, 6) is -0.665. The fourth-order valence-electron chi connectivity index (χ4n) is 9.60. The van der Waals surface area contributed by atoms with Crippen LogP contribution in [0.5, 0.6) is 0 Å². The number of hydrogen-bond donors (Lipinski definition) is 2. The van der Waals surface area contributed by atoms with Crippen molar-refractivity contribution in [2.24, 2.45) is 45.8 Å². The Labute approximate surface area is 218 Å². The van der Waals surface area contributed by atoms with Crippen LogP contribution in [-0.4, -0.2) is 46.4 Å². The number of carbonyl (C=O) groups excluding carboxylic acids is 3. The molecule has 202 valence electrons. The van der Waals surface area contributed by atoms with Crippen LogP contribution in [0.25, 0.3) is 0 Å². The number of aliphatic carboxylic acids is 1. The highest BCUT2D eigenvalue weighted by atomic mass is 16.5. The van der Waals surface area contributed by atoms with Crippen LogP contribution in [0.1, 0.15) is 78.6 Å². The topological polar surface area (TPSA) is 118 Å². The van der Waals surface area contributed by atoms with Crippen LogP contribution in [0.3, 0.4) is 0 Å². The van der Waals surface area contributed by atoms with Crippen molar-refractivity contribution in [1.29, 1.82) is 0 Å². The zero-order valence-electron chi connectivity index (χ0n) is 22.2. The Bertz CT molecular complexity index is 1070. The first-order chi connectivity index (χ1) is 17.5. The third kappa shape index (κ3) is 4.03. The van der Waals surface area contributed by atoms with E-state index in [1.807, 2.05) is 6.08 Å². The molecule has 9 atom stereocenters. The molecule has 5 aliphatic rings. The number of aliphatic hydroxyl groups excluding tert-OH is 1. The van der Waals surface area contributed by atoms with Gasteiger partial charge >= 0.3 is 11.9 Å². The molecule has 7 heteroatoms.